The van der Waals surface area contributed by atoms with Gasteiger partial charge in [0.25, 0.3) is 0 Å². The first-order chi connectivity index (χ1) is 15.6. The number of nitrogens with zero attached hydrogens (tertiary/aromatic N) is 1. The van der Waals surface area contributed by atoms with E-state index in [1.807, 2.05) is 53.4 Å². The number of hydrogen-bond acceptors (Lipinski definition) is 6. The van der Waals surface area contributed by atoms with Crippen LogP contribution in [0.3, 0.4) is 0 Å². The first-order valence-corrected chi connectivity index (χ1v) is 11.0. The predicted molar refractivity (Wildman–Crippen MR) is 118 cm³/mol. The first-order valence-electron chi connectivity index (χ1n) is 11.0. The number of hydrogen-bond donors (Lipinski definition) is 2. The lowest BCUT2D eigenvalue weighted by molar-refractivity contribution is -0.127. The summed E-state index contributed by atoms with van der Waals surface area (Å²) in [6.45, 7) is 2.85. The van der Waals surface area contributed by atoms with E-state index < -0.39 is 0 Å². The molecule has 0 spiro atoms. The molecule has 8 nitrogen and oxygen atoms in total. The van der Waals surface area contributed by atoms with Crippen molar-refractivity contribution in [1.82, 2.24) is 10.2 Å². The van der Waals surface area contributed by atoms with Crippen molar-refractivity contribution in [2.45, 2.75) is 25.6 Å². The highest BCUT2D eigenvalue weighted by Gasteiger charge is 2.27. The van der Waals surface area contributed by atoms with Crippen molar-refractivity contribution in [2.75, 3.05) is 32.8 Å². The molecule has 1 fully saturated rings. The Labute approximate surface area is 187 Å². The van der Waals surface area contributed by atoms with Crippen LogP contribution in [0, 0.1) is 5.92 Å². The Kier molecular flexibility index (Phi) is 7.11. The third-order valence-corrected chi connectivity index (χ3v) is 5.72. The number of amides is 2. The third kappa shape index (κ3) is 5.91. The van der Waals surface area contributed by atoms with E-state index in [9.17, 15) is 9.59 Å². The zero-order chi connectivity index (χ0) is 22.3. The smallest absolute Gasteiger partial charge is 0.231 e. The number of rotatable bonds is 8. The molecule has 2 heterocycles. The van der Waals surface area contributed by atoms with Gasteiger partial charge < -0.3 is 25.3 Å². The molecule has 1 atom stereocenters. The lowest BCUT2D eigenvalue weighted by atomic mass is 9.96. The third-order valence-electron chi connectivity index (χ3n) is 5.72. The molecule has 2 aliphatic heterocycles. The fourth-order valence-electron chi connectivity index (χ4n) is 3.96. The van der Waals surface area contributed by atoms with E-state index in [4.69, 9.17) is 19.9 Å². The van der Waals surface area contributed by atoms with Crippen LogP contribution in [-0.4, -0.2) is 55.6 Å². The molecule has 0 aromatic heterocycles. The summed E-state index contributed by atoms with van der Waals surface area (Å²) in [6.07, 6.45) is 1.16. The standard InChI is InChI=1S/C24H29N3O5/c25-23(28)14-27-10-8-18(9-11-27)24(29)26-13-20-16-31-21-7-6-19(12-22(21)32-20)30-15-17-4-2-1-3-5-17/h1-7,12,18,20H,8-11,13-16H2,(H2,25,28)(H,26,29). The lowest BCUT2D eigenvalue weighted by Crippen LogP contribution is -2.46. The molecule has 1 unspecified atom stereocenters. The number of benzene rings is 2. The molecule has 32 heavy (non-hydrogen) atoms. The molecule has 2 aromatic carbocycles. The largest absolute Gasteiger partial charge is 0.489 e. The van der Waals surface area contributed by atoms with E-state index in [-0.39, 0.29) is 30.4 Å². The van der Waals surface area contributed by atoms with Crippen LogP contribution in [-0.2, 0) is 16.2 Å². The number of nitrogens with two attached hydrogens (primary N) is 1. The van der Waals surface area contributed by atoms with Crippen LogP contribution in [0.15, 0.2) is 48.5 Å². The number of primary amides is 1. The average Bonchev–Trinajstić information content (AvgIpc) is 2.81. The van der Waals surface area contributed by atoms with Crippen molar-refractivity contribution in [2.24, 2.45) is 11.7 Å². The Morgan fingerprint density at radius 1 is 1.09 bits per heavy atom. The zero-order valence-corrected chi connectivity index (χ0v) is 18.0. The van der Waals surface area contributed by atoms with Gasteiger partial charge in [0.05, 0.1) is 13.1 Å². The van der Waals surface area contributed by atoms with Crippen LogP contribution in [0.25, 0.3) is 0 Å². The minimum atomic E-state index is -0.337. The quantitative estimate of drug-likeness (QED) is 0.649. The van der Waals surface area contributed by atoms with Gasteiger partial charge in [-0.25, -0.2) is 0 Å². The normalized spacial score (nSPS) is 18.7. The van der Waals surface area contributed by atoms with E-state index in [1.165, 1.54) is 0 Å². The summed E-state index contributed by atoms with van der Waals surface area (Å²) in [5, 5.41) is 2.98. The van der Waals surface area contributed by atoms with Crippen LogP contribution in [0.5, 0.6) is 17.2 Å². The van der Waals surface area contributed by atoms with E-state index in [0.717, 1.165) is 5.56 Å². The molecule has 0 bridgehead atoms. The van der Waals surface area contributed by atoms with Gasteiger partial charge in [-0.3, -0.25) is 14.5 Å². The van der Waals surface area contributed by atoms with Gasteiger partial charge in [-0.1, -0.05) is 30.3 Å². The SMILES string of the molecule is NC(=O)CN1CCC(C(=O)NCC2COc3ccc(OCc4ccccc4)cc3O2)CC1. The van der Waals surface area contributed by atoms with Crippen molar-refractivity contribution >= 4 is 11.8 Å². The maximum atomic E-state index is 12.6. The second kappa shape index (κ2) is 10.4. The fraction of sp³-hybridized carbons (Fsp3) is 0.417. The van der Waals surface area contributed by atoms with Crippen LogP contribution in [0.1, 0.15) is 18.4 Å². The number of piperidine rings is 1. The zero-order valence-electron chi connectivity index (χ0n) is 18.0. The van der Waals surface area contributed by atoms with Gasteiger partial charge in [0.1, 0.15) is 25.1 Å². The number of fused-ring (bicyclic) bond motifs is 1. The molecular formula is C24H29N3O5. The van der Waals surface area contributed by atoms with Gasteiger partial charge in [0, 0.05) is 12.0 Å². The summed E-state index contributed by atoms with van der Waals surface area (Å²) < 4.78 is 17.7. The van der Waals surface area contributed by atoms with Crippen molar-refractivity contribution in [3.05, 3.63) is 54.1 Å². The molecule has 4 rings (SSSR count). The minimum absolute atomic E-state index is 0.0121. The Morgan fingerprint density at radius 2 is 1.88 bits per heavy atom. The van der Waals surface area contributed by atoms with E-state index in [1.54, 1.807) is 0 Å². The number of carbonyl (C=O) groups excluding carboxylic acids is 2. The predicted octanol–water partition coefficient (Wildman–Crippen LogP) is 1.72. The summed E-state index contributed by atoms with van der Waals surface area (Å²) in [5.41, 5.74) is 6.33. The molecule has 0 aliphatic carbocycles. The summed E-state index contributed by atoms with van der Waals surface area (Å²) in [7, 11) is 0. The molecular weight excluding hydrogens is 410 g/mol. The number of likely N-dealkylation sites (tertiary alicyclic amines) is 1. The molecule has 1 saturated heterocycles. The molecule has 170 valence electrons. The Bertz CT molecular complexity index is 928. The second-order valence-electron chi connectivity index (χ2n) is 8.20. The van der Waals surface area contributed by atoms with Crippen molar-refractivity contribution in [3.8, 4) is 17.2 Å². The molecule has 3 N–H and O–H groups in total. The minimum Gasteiger partial charge on any atom is -0.489 e. The van der Waals surface area contributed by atoms with Gasteiger partial charge in [0.15, 0.2) is 11.5 Å². The number of carbonyl (C=O) groups is 2. The maximum absolute atomic E-state index is 12.6. The van der Waals surface area contributed by atoms with E-state index >= 15 is 0 Å². The molecule has 0 saturated carbocycles. The Balaban J connectivity index is 1.24. The first kappa shape index (κ1) is 22.0. The monoisotopic (exact) mass is 439 g/mol. The van der Waals surface area contributed by atoms with Gasteiger partial charge in [-0.2, -0.15) is 0 Å². The van der Waals surface area contributed by atoms with Gasteiger partial charge >= 0.3 is 0 Å². The van der Waals surface area contributed by atoms with Crippen LogP contribution < -0.4 is 25.3 Å². The molecule has 2 amide bonds. The molecule has 2 aromatic rings. The van der Waals surface area contributed by atoms with Crippen LogP contribution in [0.4, 0.5) is 0 Å². The summed E-state index contributed by atoms with van der Waals surface area (Å²) in [4.78, 5) is 25.6. The second-order valence-corrected chi connectivity index (χ2v) is 8.20. The Hall–Kier alpha value is -3.26. The average molecular weight is 440 g/mol. The van der Waals surface area contributed by atoms with E-state index in [2.05, 4.69) is 5.32 Å². The summed E-state index contributed by atoms with van der Waals surface area (Å²) in [6, 6.07) is 15.5. The van der Waals surface area contributed by atoms with Crippen LogP contribution >= 0.6 is 0 Å². The highest BCUT2D eigenvalue weighted by Crippen LogP contribution is 2.35. The highest BCUT2D eigenvalue weighted by atomic mass is 16.6. The van der Waals surface area contributed by atoms with Gasteiger partial charge in [0.2, 0.25) is 11.8 Å². The van der Waals surface area contributed by atoms with Crippen molar-refractivity contribution in [3.63, 3.8) is 0 Å². The maximum Gasteiger partial charge on any atom is 0.231 e. The topological polar surface area (TPSA) is 103 Å². The summed E-state index contributed by atoms with van der Waals surface area (Å²) in [5.74, 6) is 1.59. The lowest BCUT2D eigenvalue weighted by Gasteiger charge is -2.31. The fourth-order valence-corrected chi connectivity index (χ4v) is 3.96. The Morgan fingerprint density at radius 3 is 2.62 bits per heavy atom. The van der Waals surface area contributed by atoms with Crippen molar-refractivity contribution in [1.29, 1.82) is 0 Å². The molecule has 8 heteroatoms. The molecule has 0 radical (unpaired) electrons. The number of nitrogens with one attached hydrogen (secondary N) is 1. The van der Waals surface area contributed by atoms with Crippen LogP contribution in [0.2, 0.25) is 0 Å². The molecule has 2 aliphatic rings. The summed E-state index contributed by atoms with van der Waals surface area (Å²) >= 11 is 0. The highest BCUT2D eigenvalue weighted by molar-refractivity contribution is 5.79. The number of ether oxygens (including phenoxy) is 3. The van der Waals surface area contributed by atoms with Gasteiger partial charge in [-0.05, 0) is 43.6 Å². The van der Waals surface area contributed by atoms with Crippen molar-refractivity contribution < 1.29 is 23.8 Å². The van der Waals surface area contributed by atoms with E-state index in [0.29, 0.717) is 62.9 Å². The van der Waals surface area contributed by atoms with Gasteiger partial charge in [-0.15, -0.1) is 0 Å².